The lowest BCUT2D eigenvalue weighted by atomic mass is 10.0. The fourth-order valence-electron chi connectivity index (χ4n) is 2.18. The molecule has 0 bridgehead atoms. The fraction of sp³-hybridized carbons (Fsp3) is 0.375. The third-order valence-corrected chi connectivity index (χ3v) is 4.31. The zero-order valence-corrected chi connectivity index (χ0v) is 13.7. The summed E-state index contributed by atoms with van der Waals surface area (Å²) < 4.78 is 2.89. The van der Waals surface area contributed by atoms with E-state index < -0.39 is 0 Å². The Hall–Kier alpha value is -1.42. The van der Waals surface area contributed by atoms with Gasteiger partial charge in [-0.25, -0.2) is 0 Å². The maximum absolute atomic E-state index is 12.4. The molecule has 0 aliphatic carbocycles. The summed E-state index contributed by atoms with van der Waals surface area (Å²) in [6.07, 6.45) is 1.24. The van der Waals surface area contributed by atoms with Gasteiger partial charge < -0.3 is 0 Å². The van der Waals surface area contributed by atoms with E-state index >= 15 is 0 Å². The monoisotopic (exact) mass is 334 g/mol. The Bertz CT molecular complexity index is 614. The number of carbonyl (C=O) groups is 1. The maximum atomic E-state index is 12.4. The van der Waals surface area contributed by atoms with Crippen LogP contribution in [0.2, 0.25) is 0 Å². The Balaban J connectivity index is 2.27. The van der Waals surface area contributed by atoms with E-state index in [1.165, 1.54) is 0 Å². The van der Waals surface area contributed by atoms with E-state index in [4.69, 9.17) is 0 Å². The number of aryl methyl sites for hydroxylation is 3. The van der Waals surface area contributed by atoms with Gasteiger partial charge in [0.05, 0.1) is 22.3 Å². The number of nitrogens with zero attached hydrogens (tertiary/aromatic N) is 2. The molecule has 0 N–H and O–H groups in total. The van der Waals surface area contributed by atoms with Crippen molar-refractivity contribution in [1.82, 2.24) is 9.78 Å². The molecule has 1 aromatic heterocycles. The average molecular weight is 335 g/mol. The average Bonchev–Trinajstić information content (AvgIpc) is 2.76. The molecule has 3 nitrogen and oxygen atoms in total. The molecule has 4 heteroatoms. The summed E-state index contributed by atoms with van der Waals surface area (Å²) in [6.45, 7) is 6.90. The number of aromatic nitrogens is 2. The van der Waals surface area contributed by atoms with Gasteiger partial charge in [0, 0.05) is 12.1 Å². The van der Waals surface area contributed by atoms with Crippen molar-refractivity contribution in [2.75, 3.05) is 0 Å². The van der Waals surface area contributed by atoms with Crippen molar-refractivity contribution in [2.45, 2.75) is 40.2 Å². The van der Waals surface area contributed by atoms with Crippen molar-refractivity contribution < 1.29 is 4.79 Å². The summed E-state index contributed by atoms with van der Waals surface area (Å²) in [5, 5.41) is 4.53. The molecular weight excluding hydrogens is 316 g/mol. The van der Waals surface area contributed by atoms with Crippen LogP contribution in [0, 0.1) is 6.92 Å². The highest BCUT2D eigenvalue weighted by molar-refractivity contribution is 9.10. The number of carbonyl (C=O) groups excluding carboxylic acids is 1. The molecule has 0 radical (unpaired) electrons. The van der Waals surface area contributed by atoms with Crippen LogP contribution in [-0.4, -0.2) is 15.6 Å². The van der Waals surface area contributed by atoms with E-state index in [1.807, 2.05) is 42.8 Å². The van der Waals surface area contributed by atoms with Crippen molar-refractivity contribution >= 4 is 21.7 Å². The Morgan fingerprint density at radius 1 is 1.25 bits per heavy atom. The highest BCUT2D eigenvalue weighted by atomic mass is 79.9. The first kappa shape index (κ1) is 15.0. The predicted molar refractivity (Wildman–Crippen MR) is 84.2 cm³/mol. The van der Waals surface area contributed by atoms with Crippen LogP contribution in [0.15, 0.2) is 28.7 Å². The number of ketones is 1. The van der Waals surface area contributed by atoms with Gasteiger partial charge in [0.2, 0.25) is 0 Å². The lowest BCUT2D eigenvalue weighted by Gasteiger charge is -2.05. The van der Waals surface area contributed by atoms with E-state index in [0.717, 1.165) is 40.0 Å². The number of rotatable bonds is 5. The van der Waals surface area contributed by atoms with Crippen molar-refractivity contribution in [3.05, 3.63) is 51.3 Å². The number of hydrogen-bond acceptors (Lipinski definition) is 2. The summed E-state index contributed by atoms with van der Waals surface area (Å²) in [5.74, 6) is 0.128. The van der Waals surface area contributed by atoms with Crippen LogP contribution in [0.1, 0.15) is 41.2 Å². The van der Waals surface area contributed by atoms with Crippen molar-refractivity contribution in [1.29, 1.82) is 0 Å². The second-order valence-electron chi connectivity index (χ2n) is 4.84. The summed E-state index contributed by atoms with van der Waals surface area (Å²) in [6, 6.07) is 7.71. The SMILES string of the molecule is CCc1nn(CC)c(CC(=O)c2ccc(C)cc2)c1Br. The van der Waals surface area contributed by atoms with Crippen LogP contribution in [0.25, 0.3) is 0 Å². The molecule has 0 unspecified atom stereocenters. The Morgan fingerprint density at radius 2 is 1.90 bits per heavy atom. The largest absolute Gasteiger partial charge is 0.294 e. The van der Waals surface area contributed by atoms with Crippen LogP contribution in [-0.2, 0) is 19.4 Å². The third kappa shape index (κ3) is 3.01. The molecular formula is C16H19BrN2O. The van der Waals surface area contributed by atoms with E-state index in [0.29, 0.717) is 6.42 Å². The molecule has 0 spiro atoms. The van der Waals surface area contributed by atoms with E-state index in [-0.39, 0.29) is 5.78 Å². The molecule has 0 saturated heterocycles. The number of Topliss-reactive ketones (excluding diaryl/α,β-unsaturated/α-hetero) is 1. The van der Waals surface area contributed by atoms with E-state index in [1.54, 1.807) is 0 Å². The van der Waals surface area contributed by atoms with Crippen LogP contribution in [0.5, 0.6) is 0 Å². The lowest BCUT2D eigenvalue weighted by molar-refractivity contribution is 0.0990. The smallest absolute Gasteiger partial charge is 0.168 e. The summed E-state index contributed by atoms with van der Waals surface area (Å²) in [4.78, 5) is 12.4. The number of benzene rings is 1. The molecule has 0 fully saturated rings. The second-order valence-corrected chi connectivity index (χ2v) is 5.64. The van der Waals surface area contributed by atoms with E-state index in [9.17, 15) is 4.79 Å². The third-order valence-electron chi connectivity index (χ3n) is 3.40. The molecule has 2 rings (SSSR count). The van der Waals surface area contributed by atoms with Crippen LogP contribution in [0.4, 0.5) is 0 Å². The van der Waals surface area contributed by atoms with Crippen LogP contribution in [0.3, 0.4) is 0 Å². The first-order chi connectivity index (χ1) is 9.56. The molecule has 0 aliphatic heterocycles. The van der Waals surface area contributed by atoms with Gasteiger partial charge >= 0.3 is 0 Å². The molecule has 1 heterocycles. The second kappa shape index (κ2) is 6.35. The van der Waals surface area contributed by atoms with Gasteiger partial charge in [-0.2, -0.15) is 5.10 Å². The molecule has 0 atom stereocenters. The van der Waals surface area contributed by atoms with Crippen molar-refractivity contribution in [2.24, 2.45) is 0 Å². The van der Waals surface area contributed by atoms with Gasteiger partial charge in [-0.05, 0) is 36.2 Å². The Labute approximate surface area is 128 Å². The molecule has 0 saturated carbocycles. The zero-order valence-electron chi connectivity index (χ0n) is 12.1. The molecule has 0 aliphatic rings. The molecule has 0 amide bonds. The fourth-order valence-corrected chi connectivity index (χ4v) is 2.88. The summed E-state index contributed by atoms with van der Waals surface area (Å²) in [5.41, 5.74) is 3.90. The van der Waals surface area contributed by atoms with Gasteiger partial charge in [-0.3, -0.25) is 9.48 Å². The molecule has 1 aromatic carbocycles. The summed E-state index contributed by atoms with van der Waals surface area (Å²) in [7, 11) is 0. The van der Waals surface area contributed by atoms with Crippen molar-refractivity contribution in [3.63, 3.8) is 0 Å². The van der Waals surface area contributed by atoms with Crippen LogP contribution >= 0.6 is 15.9 Å². The normalized spacial score (nSPS) is 10.8. The minimum Gasteiger partial charge on any atom is -0.294 e. The van der Waals surface area contributed by atoms with Crippen molar-refractivity contribution in [3.8, 4) is 0 Å². The molecule has 20 heavy (non-hydrogen) atoms. The maximum Gasteiger partial charge on any atom is 0.168 e. The van der Waals surface area contributed by atoms with Crippen LogP contribution < -0.4 is 0 Å². The summed E-state index contributed by atoms with van der Waals surface area (Å²) >= 11 is 3.58. The Kier molecular flexibility index (Phi) is 4.76. The van der Waals surface area contributed by atoms with Gasteiger partial charge in [0.1, 0.15) is 0 Å². The van der Waals surface area contributed by atoms with Gasteiger partial charge in [0.15, 0.2) is 5.78 Å². The number of halogens is 1. The molecule has 106 valence electrons. The molecule has 2 aromatic rings. The van der Waals surface area contributed by atoms with Gasteiger partial charge in [-0.1, -0.05) is 36.8 Å². The minimum atomic E-state index is 0.128. The standard InChI is InChI=1S/C16H19BrN2O/c1-4-13-16(17)14(19(5-2)18-13)10-15(20)12-8-6-11(3)7-9-12/h6-9H,4-5,10H2,1-3H3. The highest BCUT2D eigenvalue weighted by Crippen LogP contribution is 2.23. The first-order valence-electron chi connectivity index (χ1n) is 6.90. The van der Waals surface area contributed by atoms with E-state index in [2.05, 4.69) is 28.0 Å². The Morgan fingerprint density at radius 3 is 2.45 bits per heavy atom. The minimum absolute atomic E-state index is 0.128. The topological polar surface area (TPSA) is 34.9 Å². The van der Waals surface area contributed by atoms with Gasteiger partial charge in [0.25, 0.3) is 0 Å². The van der Waals surface area contributed by atoms with Gasteiger partial charge in [-0.15, -0.1) is 0 Å². The number of hydrogen-bond donors (Lipinski definition) is 0. The quantitative estimate of drug-likeness (QED) is 0.775. The lowest BCUT2D eigenvalue weighted by Crippen LogP contribution is -2.10. The first-order valence-corrected chi connectivity index (χ1v) is 7.70. The highest BCUT2D eigenvalue weighted by Gasteiger charge is 2.17. The zero-order chi connectivity index (χ0) is 14.7. The predicted octanol–water partition coefficient (Wildman–Crippen LogP) is 3.96.